The Labute approximate surface area is 210 Å². The molecule has 0 spiro atoms. The summed E-state index contributed by atoms with van der Waals surface area (Å²) < 4.78 is 0. The van der Waals surface area contributed by atoms with Crippen molar-refractivity contribution in [3.05, 3.63) is 64.7 Å². The number of H-pyrrole nitrogens is 1. The van der Waals surface area contributed by atoms with Crippen LogP contribution in [0.5, 0.6) is 0 Å². The smallest absolute Gasteiger partial charge is 0.290 e. The van der Waals surface area contributed by atoms with E-state index in [0.29, 0.717) is 0 Å². The molecule has 4 rings (SSSR count). The summed E-state index contributed by atoms with van der Waals surface area (Å²) in [6, 6.07) is 11.0. The molecule has 0 radical (unpaired) electrons. The molecule has 0 saturated carbocycles. The molecule has 2 aromatic heterocycles. The average molecular weight is 502 g/mol. The zero-order valence-electron chi connectivity index (χ0n) is 20.3. The fourth-order valence-electron chi connectivity index (χ4n) is 4.25. The maximum atomic E-state index is 8.36. The van der Waals surface area contributed by atoms with Gasteiger partial charge in [0.05, 0.1) is 17.7 Å². The van der Waals surface area contributed by atoms with Crippen LogP contribution in [0.4, 0.5) is 5.13 Å². The highest BCUT2D eigenvalue weighted by Gasteiger charge is 2.39. The van der Waals surface area contributed by atoms with Gasteiger partial charge in [-0.05, 0) is 44.8 Å². The lowest BCUT2D eigenvalue weighted by atomic mass is 9.70. The molecule has 0 aliphatic carbocycles. The number of anilines is 1. The van der Waals surface area contributed by atoms with Crippen LogP contribution in [0.25, 0.3) is 0 Å². The van der Waals surface area contributed by atoms with Gasteiger partial charge in [-0.1, -0.05) is 43.7 Å². The van der Waals surface area contributed by atoms with Crippen LogP contribution in [0.15, 0.2) is 42.0 Å². The van der Waals surface area contributed by atoms with E-state index in [4.69, 9.17) is 24.8 Å². The van der Waals surface area contributed by atoms with E-state index in [2.05, 4.69) is 69.7 Å². The number of hydrogen-bond acceptors (Lipinski definition) is 7. The third-order valence-corrected chi connectivity index (χ3v) is 6.94. The van der Waals surface area contributed by atoms with Gasteiger partial charge in [0.25, 0.3) is 12.9 Å². The second kappa shape index (κ2) is 14.9. The summed E-state index contributed by atoms with van der Waals surface area (Å²) in [4.78, 5) is 32.0. The van der Waals surface area contributed by atoms with Crippen molar-refractivity contribution in [1.82, 2.24) is 19.9 Å². The van der Waals surface area contributed by atoms with E-state index >= 15 is 0 Å². The van der Waals surface area contributed by atoms with Gasteiger partial charge in [0, 0.05) is 29.6 Å². The van der Waals surface area contributed by atoms with Gasteiger partial charge in [0.1, 0.15) is 0 Å². The molecule has 9 nitrogen and oxygen atoms in total. The van der Waals surface area contributed by atoms with Crippen molar-refractivity contribution >= 4 is 29.4 Å². The lowest BCUT2D eigenvalue weighted by Gasteiger charge is -2.41. The Morgan fingerprint density at radius 3 is 2.40 bits per heavy atom. The third-order valence-electron chi connectivity index (χ3n) is 6.14. The van der Waals surface area contributed by atoms with Gasteiger partial charge in [-0.3, -0.25) is 14.5 Å². The molecule has 35 heavy (non-hydrogen) atoms. The predicted molar refractivity (Wildman–Crippen MR) is 138 cm³/mol. The zero-order chi connectivity index (χ0) is 25.5. The van der Waals surface area contributed by atoms with Crippen LogP contribution in [0.3, 0.4) is 0 Å². The molecule has 0 unspecified atom stereocenters. The highest BCUT2D eigenvalue weighted by molar-refractivity contribution is 7.13. The molecule has 3 aromatic rings. The molecule has 1 saturated heterocycles. The van der Waals surface area contributed by atoms with Gasteiger partial charge in [0.2, 0.25) is 0 Å². The molecule has 0 atom stereocenters. The van der Waals surface area contributed by atoms with E-state index in [9.17, 15) is 0 Å². The number of carbonyl (C=O) groups is 2. The summed E-state index contributed by atoms with van der Waals surface area (Å²) in [7, 11) is 0. The van der Waals surface area contributed by atoms with Crippen LogP contribution in [0.2, 0.25) is 0 Å². The van der Waals surface area contributed by atoms with E-state index in [1.165, 1.54) is 29.8 Å². The van der Waals surface area contributed by atoms with E-state index < -0.39 is 0 Å². The first-order valence-electron chi connectivity index (χ1n) is 11.7. The van der Waals surface area contributed by atoms with Crippen molar-refractivity contribution in [1.29, 1.82) is 0 Å². The van der Waals surface area contributed by atoms with E-state index in [1.807, 2.05) is 0 Å². The summed E-state index contributed by atoms with van der Waals surface area (Å²) in [5.74, 6) is 0. The topological polar surface area (TPSA) is 131 Å². The standard InChI is InChI=1S/C23H31N5S.2CH2O2/c1-3-4-12-24-22-27-21(16-29-22)23(19-8-6-5-7-9-19)10-13-28(14-11-23)15-20-18(2)25-17-26-20;2*2-1-3/h5-9,16-17H,3-4,10-15H2,1-2H3,(H,24,27)(H,25,26);2*1H,(H,2,3). The Kier molecular flexibility index (Phi) is 11.9. The Morgan fingerprint density at radius 1 is 1.17 bits per heavy atom. The van der Waals surface area contributed by atoms with Crippen molar-refractivity contribution in [3.8, 4) is 0 Å². The number of aromatic amines is 1. The Bertz CT molecular complexity index is 994. The fourth-order valence-corrected chi connectivity index (χ4v) is 5.09. The van der Waals surface area contributed by atoms with Gasteiger partial charge < -0.3 is 20.5 Å². The van der Waals surface area contributed by atoms with Crippen LogP contribution in [0, 0.1) is 6.92 Å². The minimum absolute atomic E-state index is 0.000431. The minimum atomic E-state index is -0.250. The average Bonchev–Trinajstić information content (AvgIpc) is 3.51. The Hall–Kier alpha value is -3.24. The first-order valence-corrected chi connectivity index (χ1v) is 12.5. The lowest BCUT2D eigenvalue weighted by molar-refractivity contribution is -0.123. The summed E-state index contributed by atoms with van der Waals surface area (Å²) in [5, 5.41) is 20.6. The largest absolute Gasteiger partial charge is 0.483 e. The number of nitrogens with zero attached hydrogens (tertiary/aromatic N) is 3. The summed E-state index contributed by atoms with van der Waals surface area (Å²) in [6.07, 6.45) is 6.34. The number of imidazole rings is 1. The second-order valence-electron chi connectivity index (χ2n) is 8.23. The molecule has 1 aliphatic heterocycles. The number of rotatable bonds is 8. The number of carboxylic acid groups (broad SMARTS) is 2. The minimum Gasteiger partial charge on any atom is -0.483 e. The summed E-state index contributed by atoms with van der Waals surface area (Å²) in [5.41, 5.74) is 4.95. The van der Waals surface area contributed by atoms with E-state index in [0.717, 1.165) is 49.8 Å². The van der Waals surface area contributed by atoms with Crippen LogP contribution in [-0.2, 0) is 21.5 Å². The van der Waals surface area contributed by atoms with Crippen LogP contribution in [-0.4, -0.2) is 62.6 Å². The highest BCUT2D eigenvalue weighted by atomic mass is 32.1. The Morgan fingerprint density at radius 2 is 1.83 bits per heavy atom. The number of thiazole rings is 1. The first kappa shape index (κ1) is 28.0. The molecule has 10 heteroatoms. The van der Waals surface area contributed by atoms with Crippen molar-refractivity contribution in [2.75, 3.05) is 25.0 Å². The number of hydrogen-bond donors (Lipinski definition) is 4. The molecule has 0 bridgehead atoms. The van der Waals surface area contributed by atoms with Crippen molar-refractivity contribution in [2.24, 2.45) is 0 Å². The van der Waals surface area contributed by atoms with Crippen LogP contribution < -0.4 is 5.32 Å². The number of aromatic nitrogens is 3. The quantitative estimate of drug-likeness (QED) is 0.264. The molecule has 190 valence electrons. The predicted octanol–water partition coefficient (Wildman–Crippen LogP) is 4.37. The van der Waals surface area contributed by atoms with Gasteiger partial charge in [-0.15, -0.1) is 11.3 Å². The number of piperidine rings is 1. The maximum Gasteiger partial charge on any atom is 0.290 e. The molecule has 3 heterocycles. The lowest BCUT2D eigenvalue weighted by Crippen LogP contribution is -2.43. The van der Waals surface area contributed by atoms with Crippen LogP contribution >= 0.6 is 11.3 Å². The number of unbranched alkanes of at least 4 members (excludes halogenated alkanes) is 1. The number of aryl methyl sites for hydroxylation is 1. The maximum absolute atomic E-state index is 8.36. The summed E-state index contributed by atoms with van der Waals surface area (Å²) in [6.45, 7) is 7.84. The SMILES string of the molecule is CCCCNc1nc(C2(c3ccccc3)CCN(Cc3nc[nH]c3C)CC2)cs1.O=CO.O=CO. The zero-order valence-corrected chi connectivity index (χ0v) is 21.1. The number of nitrogens with one attached hydrogen (secondary N) is 2. The molecule has 4 N–H and O–H groups in total. The molecular formula is C25H35N5O4S. The first-order chi connectivity index (χ1) is 17.0. The second-order valence-corrected chi connectivity index (χ2v) is 9.09. The van der Waals surface area contributed by atoms with Gasteiger partial charge >= 0.3 is 0 Å². The van der Waals surface area contributed by atoms with Gasteiger partial charge in [0.15, 0.2) is 5.13 Å². The summed E-state index contributed by atoms with van der Waals surface area (Å²) >= 11 is 1.74. The van der Waals surface area contributed by atoms with Gasteiger partial charge in [-0.25, -0.2) is 9.97 Å². The fraction of sp³-hybridized carbons (Fsp3) is 0.440. The van der Waals surface area contributed by atoms with Crippen molar-refractivity contribution in [2.45, 2.75) is 51.5 Å². The van der Waals surface area contributed by atoms with E-state index in [1.54, 1.807) is 17.7 Å². The van der Waals surface area contributed by atoms with Crippen molar-refractivity contribution in [3.63, 3.8) is 0 Å². The Balaban J connectivity index is 0.000000655. The van der Waals surface area contributed by atoms with Gasteiger partial charge in [-0.2, -0.15) is 0 Å². The van der Waals surface area contributed by atoms with Crippen LogP contribution in [0.1, 0.15) is 55.3 Å². The molecule has 1 fully saturated rings. The molecule has 1 aliphatic rings. The third kappa shape index (κ3) is 7.90. The molecule has 1 aromatic carbocycles. The molecule has 0 amide bonds. The normalized spacial score (nSPS) is 14.6. The van der Waals surface area contributed by atoms with E-state index in [-0.39, 0.29) is 18.4 Å². The highest BCUT2D eigenvalue weighted by Crippen LogP contribution is 2.42. The monoisotopic (exact) mass is 501 g/mol. The van der Waals surface area contributed by atoms with Crippen molar-refractivity contribution < 1.29 is 19.8 Å². The number of likely N-dealkylation sites (tertiary alicyclic amines) is 1. The molecular weight excluding hydrogens is 466 g/mol. The number of benzene rings is 1.